The number of amides is 7. The Morgan fingerprint density at radius 3 is 2.08 bits per heavy atom. The predicted molar refractivity (Wildman–Crippen MR) is 283 cm³/mol. The second kappa shape index (κ2) is 30.3. The molecule has 3 rings (SSSR count). The summed E-state index contributed by atoms with van der Waals surface area (Å²) in [4.78, 5) is 127. The van der Waals surface area contributed by atoms with Gasteiger partial charge in [-0.3, -0.25) is 38.6 Å². The van der Waals surface area contributed by atoms with Crippen LogP contribution in [0.15, 0.2) is 89.6 Å². The zero-order valence-corrected chi connectivity index (χ0v) is 44.7. The molecule has 1 aliphatic heterocycles. The number of aliphatic carboxylic acids is 2. The molecule has 0 aromatic heterocycles. The Hall–Kier alpha value is -8.28. The van der Waals surface area contributed by atoms with Gasteiger partial charge in [-0.05, 0) is 62.8 Å². The van der Waals surface area contributed by atoms with Gasteiger partial charge in [0.1, 0.15) is 35.9 Å². The molecule has 2 aromatic rings. The molecule has 0 bridgehead atoms. The van der Waals surface area contributed by atoms with E-state index in [2.05, 4.69) is 43.5 Å². The highest BCUT2D eigenvalue weighted by Crippen LogP contribution is 2.27. The van der Waals surface area contributed by atoms with Crippen molar-refractivity contribution in [3.05, 3.63) is 95.7 Å². The zero-order chi connectivity index (χ0) is 57.7. The minimum atomic E-state index is -1.98. The monoisotopic (exact) mass is 1070 g/mol. The van der Waals surface area contributed by atoms with Crippen molar-refractivity contribution in [3.8, 4) is 11.5 Å². The van der Waals surface area contributed by atoms with Crippen LogP contribution in [0.25, 0.3) is 0 Å². The highest BCUT2D eigenvalue weighted by atomic mass is 16.5. The molecule has 7 amide bonds. The first kappa shape index (κ1) is 63.0. The van der Waals surface area contributed by atoms with Crippen LogP contribution in [-0.4, -0.2) is 150 Å². The number of carbonyl (C=O) groups is 9. The van der Waals surface area contributed by atoms with Crippen LogP contribution in [0.2, 0.25) is 0 Å². The van der Waals surface area contributed by atoms with Crippen LogP contribution in [0.4, 0.5) is 0 Å². The molecule has 1 saturated heterocycles. The van der Waals surface area contributed by atoms with Gasteiger partial charge in [0.15, 0.2) is 17.5 Å². The van der Waals surface area contributed by atoms with Crippen LogP contribution >= 0.6 is 0 Å². The number of aromatic hydroxyl groups is 1. The number of allylic oxidation sites excluding steroid dienone is 2. The standard InChI is InChI=1S/C53H74N10O14/c1-28(24-29(2)41(76-8)26-34-14-11-10-12-15-34)17-19-36-30(3)45(66)60-38(51(72)73)20-22-43(65)63(7)33(6)48(69)57-32(5)47(68)59-37(16-13-23-56-53(54)55)49(70)62-44(52(74)75)31(4)46(67)61-39(50(71)58-36)25-35-18-21-40(64)42(27-35)77-9/h10-12,14-15,17-19,21,24,27,29-32,36-39,41,44,64H,6,13,16,20,22-23,25-26H2,1-5,7-9H3,(H,57,69)(H,58,71)(H,59,68)(H,60,66)(H,61,67)(H,62,70)(H,72,73)(H,74,75)(H4,54,55,56). The molecule has 1 fully saturated rings. The number of methoxy groups -OCH3 is 2. The third-order valence-electron chi connectivity index (χ3n) is 12.9. The Labute approximate surface area is 447 Å². The maximum atomic E-state index is 14.7. The number of rotatable bonds is 16. The van der Waals surface area contributed by atoms with E-state index in [1.807, 2.05) is 43.3 Å². The van der Waals surface area contributed by atoms with Crippen molar-refractivity contribution in [2.24, 2.45) is 34.2 Å². The van der Waals surface area contributed by atoms with Crippen molar-refractivity contribution in [2.75, 3.05) is 27.8 Å². The number of carbonyl (C=O) groups excluding carboxylic acids is 7. The van der Waals surface area contributed by atoms with Gasteiger partial charge in [0.2, 0.25) is 35.4 Å². The number of phenolic OH excluding ortho intramolecular Hbond substituents is 1. The van der Waals surface area contributed by atoms with Crippen LogP contribution in [0, 0.1) is 17.8 Å². The summed E-state index contributed by atoms with van der Waals surface area (Å²) in [7, 11) is 4.08. The lowest BCUT2D eigenvalue weighted by atomic mass is 9.94. The van der Waals surface area contributed by atoms with Crippen molar-refractivity contribution in [1.29, 1.82) is 0 Å². The van der Waals surface area contributed by atoms with Gasteiger partial charge in [0.05, 0.1) is 31.1 Å². The van der Waals surface area contributed by atoms with Gasteiger partial charge in [-0.25, -0.2) is 9.59 Å². The number of likely N-dealkylation sites (N-methyl/N-ethyl adjacent to an activating group) is 1. The van der Waals surface area contributed by atoms with Crippen molar-refractivity contribution in [1.82, 2.24) is 36.8 Å². The van der Waals surface area contributed by atoms with Crippen molar-refractivity contribution < 1.29 is 67.9 Å². The van der Waals surface area contributed by atoms with Gasteiger partial charge in [0.25, 0.3) is 5.91 Å². The fourth-order valence-electron chi connectivity index (χ4n) is 8.05. The van der Waals surface area contributed by atoms with Gasteiger partial charge in [-0.15, -0.1) is 0 Å². The Kier molecular flexibility index (Phi) is 24.8. The number of nitrogens with zero attached hydrogens (tertiary/aromatic N) is 2. The second-order valence-electron chi connectivity index (χ2n) is 18.8. The molecule has 13 N–H and O–H groups in total. The Bertz CT molecular complexity index is 2550. The topological polar surface area (TPSA) is 373 Å². The number of hydrogen-bond donors (Lipinski definition) is 11. The van der Waals surface area contributed by atoms with Crippen LogP contribution in [0.1, 0.15) is 71.4 Å². The van der Waals surface area contributed by atoms with E-state index in [1.54, 1.807) is 20.1 Å². The van der Waals surface area contributed by atoms with E-state index in [1.165, 1.54) is 59.2 Å². The molecule has 10 atom stereocenters. The summed E-state index contributed by atoms with van der Waals surface area (Å²) < 4.78 is 11.1. The van der Waals surface area contributed by atoms with Gasteiger partial charge in [0, 0.05) is 39.5 Å². The Balaban J connectivity index is 2.20. The van der Waals surface area contributed by atoms with Crippen molar-refractivity contribution in [3.63, 3.8) is 0 Å². The average Bonchev–Trinajstić information content (AvgIpc) is 3.38. The predicted octanol–water partition coefficient (Wildman–Crippen LogP) is 0.529. The van der Waals surface area contributed by atoms with Crippen LogP contribution in [0.5, 0.6) is 11.5 Å². The number of nitrogens with two attached hydrogens (primary N) is 2. The molecule has 0 spiro atoms. The molecule has 0 aliphatic carbocycles. The quantitative estimate of drug-likeness (QED) is 0.0359. The number of guanidine groups is 1. The van der Waals surface area contributed by atoms with Crippen LogP contribution in [-0.2, 0) is 60.7 Å². The number of aliphatic imine (C=N–C) groups is 1. The van der Waals surface area contributed by atoms with Gasteiger partial charge >= 0.3 is 11.9 Å². The van der Waals surface area contributed by atoms with E-state index >= 15 is 0 Å². The van der Waals surface area contributed by atoms with E-state index in [0.717, 1.165) is 10.5 Å². The fourth-order valence-corrected chi connectivity index (χ4v) is 8.05. The first-order chi connectivity index (χ1) is 36.3. The van der Waals surface area contributed by atoms with Gasteiger partial charge < -0.3 is 73.1 Å². The molecular formula is C53H74N10O14. The number of phenols is 1. The van der Waals surface area contributed by atoms with Gasteiger partial charge in [-0.1, -0.05) is 87.5 Å². The van der Waals surface area contributed by atoms with Crippen molar-refractivity contribution >= 4 is 59.2 Å². The Morgan fingerprint density at radius 1 is 0.831 bits per heavy atom. The van der Waals surface area contributed by atoms with E-state index in [4.69, 9.17) is 20.9 Å². The molecule has 10 unspecified atom stereocenters. The number of carboxylic acid groups (broad SMARTS) is 2. The molecule has 420 valence electrons. The summed E-state index contributed by atoms with van der Waals surface area (Å²) in [5, 5.41) is 46.0. The third-order valence-corrected chi connectivity index (χ3v) is 12.9. The summed E-state index contributed by atoms with van der Waals surface area (Å²) in [5.74, 6) is -13.3. The lowest BCUT2D eigenvalue weighted by Crippen LogP contribution is -2.59. The molecule has 1 aliphatic rings. The number of ether oxygens (including phenoxy) is 2. The number of carboxylic acids is 2. The van der Waals surface area contributed by atoms with Crippen LogP contribution in [0.3, 0.4) is 0 Å². The second-order valence-corrected chi connectivity index (χ2v) is 18.8. The summed E-state index contributed by atoms with van der Waals surface area (Å²) in [6, 6.07) is 4.50. The number of nitrogens with one attached hydrogen (secondary N) is 6. The largest absolute Gasteiger partial charge is 0.504 e. The van der Waals surface area contributed by atoms with Crippen LogP contribution < -0.4 is 48.1 Å². The summed E-state index contributed by atoms with van der Waals surface area (Å²) in [6.07, 6.45) is 4.02. The maximum Gasteiger partial charge on any atom is 0.327 e. The van der Waals surface area contributed by atoms with E-state index in [9.17, 15) is 58.5 Å². The molecule has 24 heteroatoms. The average molecular weight is 1080 g/mol. The summed E-state index contributed by atoms with van der Waals surface area (Å²) >= 11 is 0. The lowest BCUT2D eigenvalue weighted by Gasteiger charge is -2.28. The molecule has 2 aromatic carbocycles. The molecule has 0 radical (unpaired) electrons. The van der Waals surface area contributed by atoms with E-state index < -0.39 is 120 Å². The maximum absolute atomic E-state index is 14.7. The molecular weight excluding hydrogens is 1000 g/mol. The van der Waals surface area contributed by atoms with Crippen molar-refractivity contribution in [2.45, 2.75) is 115 Å². The minimum Gasteiger partial charge on any atom is -0.504 e. The number of hydrogen-bond acceptors (Lipinski definition) is 13. The Morgan fingerprint density at radius 2 is 1.47 bits per heavy atom. The third kappa shape index (κ3) is 19.7. The first-order valence-electron chi connectivity index (χ1n) is 24.9. The molecule has 77 heavy (non-hydrogen) atoms. The zero-order valence-electron chi connectivity index (χ0n) is 44.7. The molecule has 0 saturated carbocycles. The van der Waals surface area contributed by atoms with E-state index in [0.29, 0.717) is 17.6 Å². The lowest BCUT2D eigenvalue weighted by molar-refractivity contribution is -0.146. The molecule has 1 heterocycles. The summed E-state index contributed by atoms with van der Waals surface area (Å²) in [6.45, 7) is 11.2. The SMILES string of the molecule is C=C1C(=O)NC(C)C(=O)NC(CCCN=C(N)N)C(=O)NC(C(=O)O)C(C)C(=O)NC(Cc2ccc(O)c(OC)c2)C(=O)NC(C=CC(C)=CC(C)C(Cc2ccccc2)OC)C(C)C(=O)NC(C(=O)O)CCC(=O)N1C. The van der Waals surface area contributed by atoms with Gasteiger partial charge in [-0.2, -0.15) is 0 Å². The first-order valence-corrected chi connectivity index (χ1v) is 24.9. The highest BCUT2D eigenvalue weighted by molar-refractivity contribution is 6.00. The fraction of sp³-hybridized carbons (Fsp3) is 0.472. The smallest absolute Gasteiger partial charge is 0.327 e. The summed E-state index contributed by atoms with van der Waals surface area (Å²) in [5.41, 5.74) is 12.5. The van der Waals surface area contributed by atoms with E-state index in [-0.39, 0.29) is 55.3 Å². The molecule has 24 nitrogen and oxygen atoms in total. The minimum absolute atomic E-state index is 0.0154. The highest BCUT2D eigenvalue weighted by Gasteiger charge is 2.37. The normalized spacial score (nSPS) is 24.1. The number of benzene rings is 2.